The van der Waals surface area contributed by atoms with E-state index in [-0.39, 0.29) is 5.57 Å². The average molecular weight is 228 g/mol. The minimum atomic E-state index is 0.162. The number of hydrogen-bond acceptors (Lipinski definition) is 2. The summed E-state index contributed by atoms with van der Waals surface area (Å²) in [5.41, 5.74) is 0.862. The summed E-state index contributed by atoms with van der Waals surface area (Å²) in [6.07, 6.45) is 3.78. The smallest absolute Gasteiger partial charge is 0.136 e. The highest BCUT2D eigenvalue weighted by atomic mass is 14.3. The van der Waals surface area contributed by atoms with Crippen LogP contribution in [0.3, 0.4) is 0 Å². The number of fused-ring (bicyclic) bond motifs is 2. The van der Waals surface area contributed by atoms with E-state index < -0.39 is 0 Å². The van der Waals surface area contributed by atoms with Gasteiger partial charge in [0.05, 0.1) is 0 Å². The Morgan fingerprint density at radius 3 is 1.78 bits per heavy atom. The van der Waals surface area contributed by atoms with Crippen molar-refractivity contribution in [2.45, 2.75) is 0 Å². The molecule has 18 heavy (non-hydrogen) atoms. The highest BCUT2D eigenvalue weighted by molar-refractivity contribution is 5.86. The van der Waals surface area contributed by atoms with Gasteiger partial charge < -0.3 is 0 Å². The quantitative estimate of drug-likeness (QED) is 0.645. The van der Waals surface area contributed by atoms with Gasteiger partial charge in [-0.1, -0.05) is 24.3 Å². The van der Waals surface area contributed by atoms with Crippen LogP contribution in [0.15, 0.2) is 47.5 Å². The number of hydrogen-bond donors (Lipinski definition) is 0. The number of benzene rings is 2. The second kappa shape index (κ2) is 3.87. The van der Waals surface area contributed by atoms with Crippen LogP contribution in [0.25, 0.3) is 22.9 Å². The summed E-state index contributed by atoms with van der Waals surface area (Å²) in [6, 6.07) is 16.1. The van der Waals surface area contributed by atoms with Gasteiger partial charge in [0.15, 0.2) is 0 Å². The first kappa shape index (κ1) is 10.3. The van der Waals surface area contributed by atoms with Gasteiger partial charge in [0, 0.05) is 5.57 Å². The Morgan fingerprint density at radius 1 is 0.833 bits per heavy atom. The van der Waals surface area contributed by atoms with Gasteiger partial charge in [-0.3, -0.25) is 0 Å². The molecule has 0 atom stereocenters. The average Bonchev–Trinajstić information content (AvgIpc) is 2.79. The number of allylic oxidation sites excluding steroid dienone is 2. The molecule has 0 fully saturated rings. The molecule has 0 unspecified atom stereocenters. The molecule has 0 aliphatic heterocycles. The maximum absolute atomic E-state index is 8.88. The molecule has 0 N–H and O–H groups in total. The van der Waals surface area contributed by atoms with Gasteiger partial charge in [-0.05, 0) is 45.5 Å². The first-order chi connectivity index (χ1) is 8.81. The molecule has 2 aromatic rings. The lowest BCUT2D eigenvalue weighted by Gasteiger charge is -1.95. The minimum absolute atomic E-state index is 0.162. The fourth-order valence-corrected chi connectivity index (χ4v) is 2.20. The topological polar surface area (TPSA) is 47.6 Å². The predicted octanol–water partition coefficient (Wildman–Crippen LogP) is 1.76. The molecule has 0 bridgehead atoms. The molecule has 1 aliphatic rings. The molecule has 0 saturated carbocycles. The molecule has 82 valence electrons. The van der Waals surface area contributed by atoms with Crippen molar-refractivity contribution in [1.29, 1.82) is 10.5 Å². The molecule has 0 radical (unpaired) electrons. The van der Waals surface area contributed by atoms with Crippen molar-refractivity contribution in [3.8, 4) is 12.1 Å². The number of nitrogens with zero attached hydrogens (tertiary/aromatic N) is 2. The van der Waals surface area contributed by atoms with Gasteiger partial charge in [0.1, 0.15) is 17.7 Å². The molecule has 2 nitrogen and oxygen atoms in total. The number of nitriles is 2. The van der Waals surface area contributed by atoms with Crippen molar-refractivity contribution < 1.29 is 0 Å². The summed E-state index contributed by atoms with van der Waals surface area (Å²) in [6.45, 7) is 0. The molecule has 0 spiro atoms. The van der Waals surface area contributed by atoms with Crippen molar-refractivity contribution in [2.24, 2.45) is 0 Å². The van der Waals surface area contributed by atoms with Crippen LogP contribution in [0.1, 0.15) is 0 Å². The molecular formula is C16H8N2. The van der Waals surface area contributed by atoms with E-state index in [1.807, 2.05) is 36.4 Å². The Bertz CT molecular complexity index is 815. The highest BCUT2D eigenvalue weighted by Crippen LogP contribution is 2.13. The SMILES string of the molecule is N#CC(C#N)=C1C=c2cc3ccccc3cc2=C1. The van der Waals surface area contributed by atoms with Gasteiger partial charge in [-0.15, -0.1) is 0 Å². The molecule has 2 heteroatoms. The normalized spacial score (nSPS) is 12.0. The van der Waals surface area contributed by atoms with Crippen molar-refractivity contribution >= 4 is 22.9 Å². The van der Waals surface area contributed by atoms with Gasteiger partial charge in [-0.25, -0.2) is 0 Å². The van der Waals surface area contributed by atoms with E-state index in [1.54, 1.807) is 0 Å². The third-order valence-corrected chi connectivity index (χ3v) is 3.09. The van der Waals surface area contributed by atoms with Crippen molar-refractivity contribution in [2.75, 3.05) is 0 Å². The fraction of sp³-hybridized carbons (Fsp3) is 0. The summed E-state index contributed by atoms with van der Waals surface area (Å²) < 4.78 is 0. The zero-order valence-electron chi connectivity index (χ0n) is 9.51. The Hall–Kier alpha value is -2.84. The summed E-state index contributed by atoms with van der Waals surface area (Å²) in [5, 5.41) is 22.2. The Morgan fingerprint density at radius 2 is 1.33 bits per heavy atom. The molecule has 3 rings (SSSR count). The van der Waals surface area contributed by atoms with E-state index in [0.29, 0.717) is 5.57 Å². The molecule has 0 aromatic heterocycles. The molecule has 0 amide bonds. The molecule has 1 aliphatic carbocycles. The van der Waals surface area contributed by atoms with Crippen molar-refractivity contribution in [3.63, 3.8) is 0 Å². The second-order valence-corrected chi connectivity index (χ2v) is 4.17. The van der Waals surface area contributed by atoms with Gasteiger partial charge in [0.25, 0.3) is 0 Å². The minimum Gasteiger partial charge on any atom is -0.192 e. The molecule has 0 heterocycles. The lowest BCUT2D eigenvalue weighted by atomic mass is 10.1. The second-order valence-electron chi connectivity index (χ2n) is 4.17. The third-order valence-electron chi connectivity index (χ3n) is 3.09. The van der Waals surface area contributed by atoms with Crippen LogP contribution in [0.5, 0.6) is 0 Å². The largest absolute Gasteiger partial charge is 0.192 e. The summed E-state index contributed by atoms with van der Waals surface area (Å²) in [4.78, 5) is 0. The fourth-order valence-electron chi connectivity index (χ4n) is 2.20. The van der Waals surface area contributed by atoms with E-state index in [1.165, 1.54) is 0 Å². The third kappa shape index (κ3) is 1.49. The zero-order chi connectivity index (χ0) is 12.5. The number of rotatable bonds is 0. The van der Waals surface area contributed by atoms with Crippen LogP contribution in [-0.4, -0.2) is 0 Å². The van der Waals surface area contributed by atoms with Crippen LogP contribution >= 0.6 is 0 Å². The maximum Gasteiger partial charge on any atom is 0.136 e. The monoisotopic (exact) mass is 228 g/mol. The van der Waals surface area contributed by atoms with Crippen LogP contribution in [0.4, 0.5) is 0 Å². The van der Waals surface area contributed by atoms with Gasteiger partial charge in [-0.2, -0.15) is 10.5 Å². The summed E-state index contributed by atoms with van der Waals surface area (Å²) in [7, 11) is 0. The Balaban J connectivity index is 2.38. The lowest BCUT2D eigenvalue weighted by Crippen LogP contribution is -2.20. The Labute approximate surface area is 104 Å². The molecular weight excluding hydrogens is 220 g/mol. The van der Waals surface area contributed by atoms with E-state index in [0.717, 1.165) is 21.2 Å². The molecule has 0 saturated heterocycles. The van der Waals surface area contributed by atoms with E-state index >= 15 is 0 Å². The van der Waals surface area contributed by atoms with Gasteiger partial charge in [0.2, 0.25) is 0 Å². The molecule has 2 aromatic carbocycles. The van der Waals surface area contributed by atoms with Crippen LogP contribution in [-0.2, 0) is 0 Å². The van der Waals surface area contributed by atoms with Crippen LogP contribution in [0, 0.1) is 22.7 Å². The van der Waals surface area contributed by atoms with E-state index in [9.17, 15) is 0 Å². The maximum atomic E-state index is 8.88. The summed E-state index contributed by atoms with van der Waals surface area (Å²) >= 11 is 0. The van der Waals surface area contributed by atoms with Crippen LogP contribution < -0.4 is 10.4 Å². The van der Waals surface area contributed by atoms with Crippen LogP contribution in [0.2, 0.25) is 0 Å². The predicted molar refractivity (Wildman–Crippen MR) is 70.4 cm³/mol. The Kier molecular flexibility index (Phi) is 2.22. The zero-order valence-corrected chi connectivity index (χ0v) is 9.51. The first-order valence-corrected chi connectivity index (χ1v) is 5.58. The van der Waals surface area contributed by atoms with Gasteiger partial charge >= 0.3 is 0 Å². The van der Waals surface area contributed by atoms with Crippen molar-refractivity contribution in [3.05, 3.63) is 58.0 Å². The first-order valence-electron chi connectivity index (χ1n) is 5.58. The van der Waals surface area contributed by atoms with E-state index in [2.05, 4.69) is 24.3 Å². The lowest BCUT2D eigenvalue weighted by molar-refractivity contribution is 1.46. The van der Waals surface area contributed by atoms with Crippen molar-refractivity contribution in [1.82, 2.24) is 0 Å². The standard InChI is InChI=1S/C16H8N2/c17-9-16(10-18)15-7-13-5-11-3-1-2-4-12(11)6-14(13)8-15/h1-8H. The highest BCUT2D eigenvalue weighted by Gasteiger charge is 2.06. The van der Waals surface area contributed by atoms with E-state index in [4.69, 9.17) is 10.5 Å². The summed E-state index contributed by atoms with van der Waals surface area (Å²) in [5.74, 6) is 0.